The van der Waals surface area contributed by atoms with Crippen molar-refractivity contribution in [2.75, 3.05) is 45.1 Å². The normalized spacial score (nSPS) is 17.6. The smallest absolute Gasteiger partial charge is 0.243 e. The zero-order valence-electron chi connectivity index (χ0n) is 18.9. The van der Waals surface area contributed by atoms with Crippen LogP contribution in [0.1, 0.15) is 27.2 Å². The monoisotopic (exact) mass is 496 g/mol. The van der Waals surface area contributed by atoms with Crippen LogP contribution in [0.5, 0.6) is 11.5 Å². The van der Waals surface area contributed by atoms with Crippen molar-refractivity contribution in [3.8, 4) is 11.5 Å². The van der Waals surface area contributed by atoms with Crippen molar-refractivity contribution < 1.29 is 22.7 Å². The fraction of sp³-hybridized carbons (Fsp3) is 0.600. The number of thioether (sulfide) groups is 1. The summed E-state index contributed by atoms with van der Waals surface area (Å²) in [4.78, 5) is 14.5. The Balaban J connectivity index is 1.35. The predicted octanol–water partition coefficient (Wildman–Crippen LogP) is 1.21. The molecule has 11 nitrogen and oxygen atoms in total. The Kier molecular flexibility index (Phi) is 6.82. The number of ether oxygens (including phenoxy) is 2. The van der Waals surface area contributed by atoms with E-state index in [2.05, 4.69) is 15.5 Å². The number of hydrogen-bond acceptors (Lipinski definition) is 9. The zero-order valence-corrected chi connectivity index (χ0v) is 20.6. The second kappa shape index (κ2) is 9.47. The standard InChI is InChI=1S/C20H28N6O5S2/c1-20(2,3)26-19(21-22-23-26)32-14-18(27)24-7-9-25(10-8-24)33(28,29)15-5-6-16-17(13-15)31-12-4-11-30-16/h5-6,13H,4,7-12,14H2,1-3H3. The van der Waals surface area contributed by atoms with Crippen LogP contribution >= 0.6 is 11.8 Å². The molecule has 13 heteroatoms. The molecule has 3 heterocycles. The van der Waals surface area contributed by atoms with Gasteiger partial charge in [0, 0.05) is 38.7 Å². The maximum absolute atomic E-state index is 13.1. The molecule has 0 N–H and O–H groups in total. The molecular weight excluding hydrogens is 468 g/mol. The average Bonchev–Trinajstić information content (AvgIpc) is 3.15. The lowest BCUT2D eigenvalue weighted by molar-refractivity contribution is -0.129. The summed E-state index contributed by atoms with van der Waals surface area (Å²) in [6.07, 6.45) is 0.746. The van der Waals surface area contributed by atoms with Gasteiger partial charge in [0.15, 0.2) is 11.5 Å². The third-order valence-corrected chi connectivity index (χ3v) is 8.15. The fourth-order valence-corrected chi connectivity index (χ4v) is 5.94. The summed E-state index contributed by atoms with van der Waals surface area (Å²) < 4.78 is 40.6. The molecule has 0 saturated carbocycles. The number of fused-ring (bicyclic) bond motifs is 1. The number of rotatable bonds is 5. The third kappa shape index (κ3) is 5.25. The van der Waals surface area contributed by atoms with Gasteiger partial charge in [0.1, 0.15) is 0 Å². The number of nitrogens with zero attached hydrogens (tertiary/aromatic N) is 6. The Morgan fingerprint density at radius 1 is 1.09 bits per heavy atom. The third-order valence-electron chi connectivity index (χ3n) is 5.35. The van der Waals surface area contributed by atoms with Crippen LogP contribution in [0.2, 0.25) is 0 Å². The molecule has 1 aromatic carbocycles. The largest absolute Gasteiger partial charge is 0.490 e. The van der Waals surface area contributed by atoms with Crippen molar-refractivity contribution in [2.45, 2.75) is 42.8 Å². The van der Waals surface area contributed by atoms with Gasteiger partial charge in [-0.05, 0) is 43.3 Å². The molecule has 0 atom stereocenters. The van der Waals surface area contributed by atoms with E-state index in [9.17, 15) is 13.2 Å². The quantitative estimate of drug-likeness (QED) is 0.563. The molecule has 33 heavy (non-hydrogen) atoms. The van der Waals surface area contributed by atoms with Crippen LogP contribution in [0.25, 0.3) is 0 Å². The van der Waals surface area contributed by atoms with Gasteiger partial charge in [-0.15, -0.1) is 5.10 Å². The van der Waals surface area contributed by atoms with Crippen LogP contribution in [0.15, 0.2) is 28.3 Å². The number of carbonyl (C=O) groups excluding carboxylic acids is 1. The van der Waals surface area contributed by atoms with Crippen LogP contribution in [0, 0.1) is 0 Å². The van der Waals surface area contributed by atoms with E-state index < -0.39 is 10.0 Å². The summed E-state index contributed by atoms with van der Waals surface area (Å²) >= 11 is 1.28. The first kappa shape index (κ1) is 23.8. The minimum absolute atomic E-state index is 0.0731. The van der Waals surface area contributed by atoms with Gasteiger partial charge >= 0.3 is 0 Å². The molecule has 1 saturated heterocycles. The molecule has 0 radical (unpaired) electrons. The molecular formula is C20H28N6O5S2. The summed E-state index contributed by atoms with van der Waals surface area (Å²) in [6.45, 7) is 8.09. The van der Waals surface area contributed by atoms with Crippen molar-refractivity contribution >= 4 is 27.7 Å². The Bertz CT molecular complexity index is 1110. The molecule has 2 aromatic rings. The maximum atomic E-state index is 13.1. The molecule has 180 valence electrons. The molecule has 0 aliphatic carbocycles. The van der Waals surface area contributed by atoms with Gasteiger partial charge in [-0.3, -0.25) is 4.79 Å². The Hall–Kier alpha value is -2.38. The van der Waals surface area contributed by atoms with Gasteiger partial charge in [0.25, 0.3) is 0 Å². The maximum Gasteiger partial charge on any atom is 0.243 e. The van der Waals surface area contributed by atoms with Gasteiger partial charge < -0.3 is 14.4 Å². The van der Waals surface area contributed by atoms with Crippen LogP contribution in [-0.4, -0.2) is 88.9 Å². The molecule has 1 amide bonds. The minimum Gasteiger partial charge on any atom is -0.490 e. The van der Waals surface area contributed by atoms with Crippen LogP contribution in [0.4, 0.5) is 0 Å². The first-order valence-electron chi connectivity index (χ1n) is 10.8. The van der Waals surface area contributed by atoms with E-state index >= 15 is 0 Å². The minimum atomic E-state index is -3.70. The highest BCUT2D eigenvalue weighted by Crippen LogP contribution is 2.33. The molecule has 0 unspecified atom stereocenters. The summed E-state index contributed by atoms with van der Waals surface area (Å²) in [5.41, 5.74) is -0.290. The van der Waals surface area contributed by atoms with Gasteiger partial charge in [-0.25, -0.2) is 13.1 Å². The Morgan fingerprint density at radius 3 is 2.48 bits per heavy atom. The predicted molar refractivity (Wildman–Crippen MR) is 121 cm³/mol. The molecule has 1 aromatic heterocycles. The lowest BCUT2D eigenvalue weighted by Gasteiger charge is -2.34. The van der Waals surface area contributed by atoms with Gasteiger partial charge in [0.2, 0.25) is 21.1 Å². The summed E-state index contributed by atoms with van der Waals surface area (Å²) in [6, 6.07) is 4.69. The number of sulfonamides is 1. The second-order valence-electron chi connectivity index (χ2n) is 8.78. The second-order valence-corrected chi connectivity index (χ2v) is 11.7. The number of benzene rings is 1. The highest BCUT2D eigenvalue weighted by Gasteiger charge is 2.31. The van der Waals surface area contributed by atoms with Crippen molar-refractivity contribution in [3.63, 3.8) is 0 Å². The van der Waals surface area contributed by atoms with E-state index in [1.165, 1.54) is 28.2 Å². The first-order valence-corrected chi connectivity index (χ1v) is 13.2. The number of hydrogen-bond donors (Lipinski definition) is 0. The SMILES string of the molecule is CC(C)(C)n1nnnc1SCC(=O)N1CCN(S(=O)(=O)c2ccc3c(c2)OCCCO3)CC1. The number of piperazine rings is 1. The highest BCUT2D eigenvalue weighted by molar-refractivity contribution is 7.99. The van der Waals surface area contributed by atoms with E-state index in [0.29, 0.717) is 43.0 Å². The number of amides is 1. The van der Waals surface area contributed by atoms with Gasteiger partial charge in [-0.1, -0.05) is 11.8 Å². The highest BCUT2D eigenvalue weighted by atomic mass is 32.2. The number of aromatic nitrogens is 4. The van der Waals surface area contributed by atoms with E-state index in [-0.39, 0.29) is 35.2 Å². The van der Waals surface area contributed by atoms with Gasteiger partial charge in [0.05, 0.1) is 29.4 Å². The number of tetrazole rings is 1. The fourth-order valence-electron chi connectivity index (χ4n) is 3.54. The average molecular weight is 497 g/mol. The Labute approximate surface area is 197 Å². The summed E-state index contributed by atoms with van der Waals surface area (Å²) in [5.74, 6) is 1.11. The first-order chi connectivity index (χ1) is 15.7. The van der Waals surface area contributed by atoms with Crippen LogP contribution < -0.4 is 9.47 Å². The van der Waals surface area contributed by atoms with Crippen LogP contribution in [0.3, 0.4) is 0 Å². The number of carbonyl (C=O) groups is 1. The van der Waals surface area contributed by atoms with Crippen LogP contribution in [-0.2, 0) is 20.4 Å². The van der Waals surface area contributed by atoms with Crippen molar-refractivity contribution in [3.05, 3.63) is 18.2 Å². The molecule has 4 rings (SSSR count). The summed E-state index contributed by atoms with van der Waals surface area (Å²) in [5, 5.41) is 12.3. The van der Waals surface area contributed by atoms with E-state index in [1.807, 2.05) is 20.8 Å². The van der Waals surface area contributed by atoms with Crippen molar-refractivity contribution in [1.82, 2.24) is 29.4 Å². The molecule has 2 aliphatic rings. The van der Waals surface area contributed by atoms with E-state index in [4.69, 9.17) is 9.47 Å². The molecule has 1 fully saturated rings. The Morgan fingerprint density at radius 2 is 1.79 bits per heavy atom. The molecule has 2 aliphatic heterocycles. The molecule has 0 bridgehead atoms. The zero-order chi connectivity index (χ0) is 23.6. The van der Waals surface area contributed by atoms with E-state index in [0.717, 1.165) is 6.42 Å². The van der Waals surface area contributed by atoms with Crippen molar-refractivity contribution in [2.24, 2.45) is 0 Å². The summed E-state index contributed by atoms with van der Waals surface area (Å²) in [7, 11) is -3.70. The lowest BCUT2D eigenvalue weighted by atomic mass is 10.1. The van der Waals surface area contributed by atoms with Crippen molar-refractivity contribution in [1.29, 1.82) is 0 Å². The topological polar surface area (TPSA) is 120 Å². The molecule has 0 spiro atoms. The lowest BCUT2D eigenvalue weighted by Crippen LogP contribution is -2.51. The van der Waals surface area contributed by atoms with Gasteiger partial charge in [-0.2, -0.15) is 4.31 Å². The van der Waals surface area contributed by atoms with E-state index in [1.54, 1.807) is 15.6 Å².